The molecule has 1 fully saturated rings. The summed E-state index contributed by atoms with van der Waals surface area (Å²) in [5.41, 5.74) is 4.84. The van der Waals surface area contributed by atoms with E-state index in [1.54, 1.807) is 0 Å². The van der Waals surface area contributed by atoms with Gasteiger partial charge in [0.05, 0.1) is 6.07 Å². The number of primary amides is 1. The first-order valence-electron chi connectivity index (χ1n) is 7.07. The molecule has 0 bridgehead atoms. The average molecular weight is 266 g/mol. The zero-order valence-corrected chi connectivity index (χ0v) is 12.3. The van der Waals surface area contributed by atoms with Gasteiger partial charge in [0.15, 0.2) is 0 Å². The van der Waals surface area contributed by atoms with Crippen molar-refractivity contribution in [2.45, 2.75) is 51.6 Å². The molecule has 1 atom stereocenters. The molecule has 3 N–H and O–H groups in total. The van der Waals surface area contributed by atoms with E-state index in [9.17, 15) is 10.1 Å². The first kappa shape index (κ1) is 15.9. The third-order valence-corrected chi connectivity index (χ3v) is 3.77. The number of nitrogens with two attached hydrogens (primary N) is 1. The van der Waals surface area contributed by atoms with E-state index in [1.807, 2.05) is 20.8 Å². The summed E-state index contributed by atoms with van der Waals surface area (Å²) in [6.07, 6.45) is 2.48. The number of nitrogens with zero attached hydrogens (tertiary/aromatic N) is 2. The first-order chi connectivity index (χ1) is 8.86. The lowest BCUT2D eigenvalue weighted by Crippen LogP contribution is -2.48. The van der Waals surface area contributed by atoms with Crippen molar-refractivity contribution in [3.63, 3.8) is 0 Å². The molecule has 1 saturated heterocycles. The summed E-state index contributed by atoms with van der Waals surface area (Å²) in [4.78, 5) is 13.4. The van der Waals surface area contributed by atoms with Crippen LogP contribution in [0, 0.1) is 17.2 Å². The lowest BCUT2D eigenvalue weighted by atomic mass is 9.94. The quantitative estimate of drug-likeness (QED) is 0.747. The summed E-state index contributed by atoms with van der Waals surface area (Å²) in [6, 6.07) is 2.66. The van der Waals surface area contributed by atoms with Crippen molar-refractivity contribution in [3.05, 3.63) is 0 Å². The fourth-order valence-electron chi connectivity index (χ4n) is 2.62. The van der Waals surface area contributed by atoms with Crippen molar-refractivity contribution in [3.8, 4) is 6.07 Å². The lowest BCUT2D eigenvalue weighted by molar-refractivity contribution is -0.123. The molecule has 0 radical (unpaired) electrons. The minimum Gasteiger partial charge on any atom is -0.369 e. The highest BCUT2D eigenvalue weighted by Crippen LogP contribution is 2.18. The van der Waals surface area contributed by atoms with Crippen LogP contribution in [0.1, 0.15) is 40.0 Å². The van der Waals surface area contributed by atoms with E-state index in [0.29, 0.717) is 6.04 Å². The van der Waals surface area contributed by atoms with E-state index in [2.05, 4.69) is 16.3 Å². The lowest BCUT2D eigenvalue weighted by Gasteiger charge is -2.33. The summed E-state index contributed by atoms with van der Waals surface area (Å²) >= 11 is 0. The molecule has 19 heavy (non-hydrogen) atoms. The number of likely N-dealkylation sites (tertiary alicyclic amines) is 1. The topological polar surface area (TPSA) is 82.2 Å². The van der Waals surface area contributed by atoms with Crippen molar-refractivity contribution in [2.24, 2.45) is 11.7 Å². The molecule has 0 aliphatic carbocycles. The second kappa shape index (κ2) is 6.88. The zero-order valence-electron chi connectivity index (χ0n) is 12.3. The van der Waals surface area contributed by atoms with Crippen molar-refractivity contribution < 1.29 is 4.79 Å². The van der Waals surface area contributed by atoms with E-state index in [1.165, 1.54) is 0 Å². The van der Waals surface area contributed by atoms with Crippen molar-refractivity contribution in [1.82, 2.24) is 10.2 Å². The molecule has 5 heteroatoms. The number of nitrogens with one attached hydrogen (secondary N) is 1. The van der Waals surface area contributed by atoms with Gasteiger partial charge in [-0.1, -0.05) is 0 Å². The van der Waals surface area contributed by atoms with Crippen LogP contribution in [0.15, 0.2) is 0 Å². The summed E-state index contributed by atoms with van der Waals surface area (Å²) in [5, 5.41) is 12.6. The van der Waals surface area contributed by atoms with Gasteiger partial charge in [0, 0.05) is 18.5 Å². The van der Waals surface area contributed by atoms with Gasteiger partial charge in [-0.05, 0) is 53.1 Å². The van der Waals surface area contributed by atoms with Crippen molar-refractivity contribution >= 4 is 5.91 Å². The van der Waals surface area contributed by atoms with E-state index in [4.69, 9.17) is 5.73 Å². The highest BCUT2D eigenvalue weighted by molar-refractivity contribution is 5.76. The summed E-state index contributed by atoms with van der Waals surface area (Å²) in [6.45, 7) is 8.73. The number of amides is 1. The Morgan fingerprint density at radius 2 is 2.11 bits per heavy atom. The number of piperidine rings is 1. The Balaban J connectivity index is 2.37. The van der Waals surface area contributed by atoms with Crippen LogP contribution >= 0.6 is 0 Å². The maximum Gasteiger partial charge on any atom is 0.220 e. The highest BCUT2D eigenvalue weighted by Gasteiger charge is 2.27. The number of hydrogen-bond acceptors (Lipinski definition) is 4. The van der Waals surface area contributed by atoms with Gasteiger partial charge in [-0.25, -0.2) is 0 Å². The standard InChI is InChI=1S/C14H26N4O/c1-11(2)17-14(3,10-15)6-9-18-7-4-12(5-8-18)13(16)19/h11-12,17H,4-9H2,1-3H3,(H2,16,19). The molecule has 1 aliphatic heterocycles. The molecule has 0 saturated carbocycles. The number of nitriles is 1. The maximum atomic E-state index is 11.1. The molecule has 5 nitrogen and oxygen atoms in total. The Bertz CT molecular complexity index is 342. The van der Waals surface area contributed by atoms with E-state index >= 15 is 0 Å². The molecule has 1 heterocycles. The summed E-state index contributed by atoms with van der Waals surface area (Å²) in [7, 11) is 0. The van der Waals surface area contributed by atoms with Crippen LogP contribution < -0.4 is 11.1 Å². The van der Waals surface area contributed by atoms with Gasteiger partial charge in [-0.3, -0.25) is 10.1 Å². The number of carbonyl (C=O) groups excluding carboxylic acids is 1. The minimum atomic E-state index is -0.477. The summed E-state index contributed by atoms with van der Waals surface area (Å²) in [5.74, 6) is -0.143. The number of carbonyl (C=O) groups is 1. The molecular weight excluding hydrogens is 240 g/mol. The average Bonchev–Trinajstić information content (AvgIpc) is 2.36. The van der Waals surface area contributed by atoms with Gasteiger partial charge in [-0.2, -0.15) is 5.26 Å². The monoisotopic (exact) mass is 266 g/mol. The van der Waals surface area contributed by atoms with Crippen LogP contribution in [-0.4, -0.2) is 42.0 Å². The van der Waals surface area contributed by atoms with Crippen molar-refractivity contribution in [1.29, 1.82) is 5.26 Å². The Hall–Kier alpha value is -1.12. The van der Waals surface area contributed by atoms with E-state index < -0.39 is 5.54 Å². The Kier molecular flexibility index (Phi) is 5.77. The second-order valence-corrected chi connectivity index (χ2v) is 6.01. The Morgan fingerprint density at radius 1 is 1.53 bits per heavy atom. The third-order valence-electron chi connectivity index (χ3n) is 3.77. The van der Waals surface area contributed by atoms with Gasteiger partial charge >= 0.3 is 0 Å². The molecule has 1 unspecified atom stereocenters. The predicted octanol–water partition coefficient (Wildman–Crippen LogP) is 0.854. The third kappa shape index (κ3) is 5.17. The van der Waals surface area contributed by atoms with Crippen LogP contribution in [-0.2, 0) is 4.79 Å². The van der Waals surface area contributed by atoms with Crippen molar-refractivity contribution in [2.75, 3.05) is 19.6 Å². The molecule has 0 aromatic carbocycles. The number of rotatable bonds is 6. The summed E-state index contributed by atoms with van der Waals surface area (Å²) < 4.78 is 0. The van der Waals surface area contributed by atoms with E-state index in [-0.39, 0.29) is 11.8 Å². The van der Waals surface area contributed by atoms with Crippen LogP contribution in [0.5, 0.6) is 0 Å². The van der Waals surface area contributed by atoms with Gasteiger partial charge in [0.1, 0.15) is 5.54 Å². The fourth-order valence-corrected chi connectivity index (χ4v) is 2.62. The molecule has 0 aromatic heterocycles. The Morgan fingerprint density at radius 3 is 2.53 bits per heavy atom. The largest absolute Gasteiger partial charge is 0.369 e. The molecule has 0 spiro atoms. The predicted molar refractivity (Wildman–Crippen MR) is 75.3 cm³/mol. The molecule has 108 valence electrons. The fraction of sp³-hybridized carbons (Fsp3) is 0.857. The zero-order chi connectivity index (χ0) is 14.5. The van der Waals surface area contributed by atoms with Crippen LogP contribution in [0.4, 0.5) is 0 Å². The molecule has 0 aromatic rings. The molecule has 1 amide bonds. The van der Waals surface area contributed by atoms with Gasteiger partial charge in [0.25, 0.3) is 0 Å². The molecule has 1 aliphatic rings. The molecule has 1 rings (SSSR count). The second-order valence-electron chi connectivity index (χ2n) is 6.01. The Labute approximate surface area is 116 Å². The smallest absolute Gasteiger partial charge is 0.220 e. The van der Waals surface area contributed by atoms with Gasteiger partial charge < -0.3 is 10.6 Å². The van der Waals surface area contributed by atoms with Crippen LogP contribution in [0.2, 0.25) is 0 Å². The molecular formula is C14H26N4O. The van der Waals surface area contributed by atoms with Gasteiger partial charge in [0.2, 0.25) is 5.91 Å². The minimum absolute atomic E-state index is 0.0346. The first-order valence-corrected chi connectivity index (χ1v) is 7.07. The maximum absolute atomic E-state index is 11.1. The SMILES string of the molecule is CC(C)NC(C)(C#N)CCN1CCC(C(N)=O)CC1. The van der Waals surface area contributed by atoms with Crippen LogP contribution in [0.3, 0.4) is 0 Å². The normalized spacial score (nSPS) is 21.0. The highest BCUT2D eigenvalue weighted by atomic mass is 16.1. The number of hydrogen-bond donors (Lipinski definition) is 2. The van der Waals surface area contributed by atoms with E-state index in [0.717, 1.165) is 38.9 Å². The van der Waals surface area contributed by atoms with Gasteiger partial charge in [-0.15, -0.1) is 0 Å². The van der Waals surface area contributed by atoms with Crippen LogP contribution in [0.25, 0.3) is 0 Å².